The van der Waals surface area contributed by atoms with Crippen LogP contribution < -0.4 is 10.2 Å². The molecule has 1 aromatic rings. The Morgan fingerprint density at radius 1 is 1.44 bits per heavy atom. The zero-order chi connectivity index (χ0) is 12.8. The third-order valence-electron chi connectivity index (χ3n) is 3.49. The molecule has 1 aliphatic rings. The van der Waals surface area contributed by atoms with Gasteiger partial charge in [0.05, 0.1) is 0 Å². The van der Waals surface area contributed by atoms with Crippen molar-refractivity contribution in [2.45, 2.75) is 26.3 Å². The van der Waals surface area contributed by atoms with E-state index in [2.05, 4.69) is 60.1 Å². The number of nitrogens with zero attached hydrogens (tertiary/aromatic N) is 1. The number of anilines is 1. The van der Waals surface area contributed by atoms with Crippen LogP contribution in [0.25, 0.3) is 0 Å². The molecule has 0 aromatic heterocycles. The highest BCUT2D eigenvalue weighted by Gasteiger charge is 2.14. The van der Waals surface area contributed by atoms with Crippen molar-refractivity contribution >= 4 is 17.4 Å². The Labute approximate surface area is 115 Å². The molecule has 2 nitrogen and oxygen atoms in total. The van der Waals surface area contributed by atoms with Crippen molar-refractivity contribution < 1.29 is 0 Å². The summed E-state index contributed by atoms with van der Waals surface area (Å²) < 4.78 is 0. The van der Waals surface area contributed by atoms with Gasteiger partial charge in [0.25, 0.3) is 0 Å². The number of benzene rings is 1. The average Bonchev–Trinajstić information content (AvgIpc) is 2.41. The predicted molar refractivity (Wildman–Crippen MR) is 82.8 cm³/mol. The molecular formula is C15H24N2S. The summed E-state index contributed by atoms with van der Waals surface area (Å²) in [5.41, 5.74) is 2.71. The van der Waals surface area contributed by atoms with Crippen molar-refractivity contribution in [2.24, 2.45) is 0 Å². The van der Waals surface area contributed by atoms with Crippen LogP contribution in [0.5, 0.6) is 0 Å². The highest BCUT2D eigenvalue weighted by molar-refractivity contribution is 7.99. The minimum Gasteiger partial charge on any atom is -0.372 e. The number of hydrogen-bond acceptors (Lipinski definition) is 3. The lowest BCUT2D eigenvalue weighted by Gasteiger charge is -2.28. The fourth-order valence-electron chi connectivity index (χ4n) is 2.41. The molecule has 1 heterocycles. The predicted octanol–water partition coefficient (Wildman–Crippen LogP) is 2.92. The first-order chi connectivity index (χ1) is 8.79. The first-order valence-corrected chi connectivity index (χ1v) is 8.08. The monoisotopic (exact) mass is 264 g/mol. The Morgan fingerprint density at radius 2 is 2.33 bits per heavy atom. The lowest BCUT2D eigenvalue weighted by Crippen LogP contribution is -2.40. The van der Waals surface area contributed by atoms with Crippen molar-refractivity contribution in [1.82, 2.24) is 5.32 Å². The summed E-state index contributed by atoms with van der Waals surface area (Å²) in [5, 5.41) is 3.61. The molecule has 100 valence electrons. The largest absolute Gasteiger partial charge is 0.372 e. The summed E-state index contributed by atoms with van der Waals surface area (Å²) in [4.78, 5) is 2.48. The number of hydrogen-bond donors (Lipinski definition) is 1. The van der Waals surface area contributed by atoms with E-state index in [-0.39, 0.29) is 0 Å². The number of aryl methyl sites for hydroxylation is 1. The average molecular weight is 264 g/mol. The molecule has 1 aromatic carbocycles. The van der Waals surface area contributed by atoms with Crippen LogP contribution in [0.4, 0.5) is 5.69 Å². The zero-order valence-corrected chi connectivity index (χ0v) is 12.3. The standard InChI is InChI=1S/C15H24N2S/c1-3-17(15-6-4-5-13(2)11-15)9-7-14-12-18-10-8-16-14/h4-6,11,14,16H,3,7-10,12H2,1-2H3. The van der Waals surface area contributed by atoms with Crippen LogP contribution >= 0.6 is 11.8 Å². The van der Waals surface area contributed by atoms with Crippen molar-refractivity contribution in [2.75, 3.05) is 36.0 Å². The van der Waals surface area contributed by atoms with Crippen molar-refractivity contribution in [3.8, 4) is 0 Å². The normalized spacial score (nSPS) is 19.8. The molecule has 1 unspecified atom stereocenters. The first kappa shape index (κ1) is 13.8. The summed E-state index contributed by atoms with van der Waals surface area (Å²) in [5.74, 6) is 2.54. The quantitative estimate of drug-likeness (QED) is 0.880. The molecule has 1 N–H and O–H groups in total. The Balaban J connectivity index is 1.88. The molecule has 1 saturated heterocycles. The van der Waals surface area contributed by atoms with Gasteiger partial charge in [-0.25, -0.2) is 0 Å². The van der Waals surface area contributed by atoms with E-state index in [9.17, 15) is 0 Å². The van der Waals surface area contributed by atoms with Gasteiger partial charge in [0.15, 0.2) is 0 Å². The highest BCUT2D eigenvalue weighted by atomic mass is 32.2. The third kappa shape index (κ3) is 3.92. The molecule has 2 rings (SSSR count). The van der Waals surface area contributed by atoms with Gasteiger partial charge in [-0.2, -0.15) is 11.8 Å². The molecule has 0 radical (unpaired) electrons. The van der Waals surface area contributed by atoms with E-state index >= 15 is 0 Å². The van der Waals surface area contributed by atoms with E-state index in [0.717, 1.165) is 13.1 Å². The lowest BCUT2D eigenvalue weighted by molar-refractivity contribution is 0.525. The molecular weight excluding hydrogens is 240 g/mol. The second kappa shape index (κ2) is 7.05. The van der Waals surface area contributed by atoms with Crippen LogP contribution in [-0.4, -0.2) is 37.2 Å². The van der Waals surface area contributed by atoms with Crippen LogP contribution in [0.2, 0.25) is 0 Å². The summed E-state index contributed by atoms with van der Waals surface area (Å²) in [6.45, 7) is 7.81. The summed E-state index contributed by atoms with van der Waals surface area (Å²) in [6.07, 6.45) is 1.24. The van der Waals surface area contributed by atoms with Gasteiger partial charge < -0.3 is 10.2 Å². The van der Waals surface area contributed by atoms with Gasteiger partial charge in [0.2, 0.25) is 0 Å². The maximum absolute atomic E-state index is 3.61. The SMILES string of the molecule is CCN(CCC1CSCCN1)c1cccc(C)c1. The van der Waals surface area contributed by atoms with E-state index < -0.39 is 0 Å². The van der Waals surface area contributed by atoms with Gasteiger partial charge in [-0.05, 0) is 38.0 Å². The Bertz CT molecular complexity index is 361. The molecule has 0 spiro atoms. The van der Waals surface area contributed by atoms with Crippen molar-refractivity contribution in [3.05, 3.63) is 29.8 Å². The van der Waals surface area contributed by atoms with Crippen molar-refractivity contribution in [1.29, 1.82) is 0 Å². The second-order valence-corrected chi connectivity index (χ2v) is 6.08. The third-order valence-corrected chi connectivity index (χ3v) is 4.63. The van der Waals surface area contributed by atoms with Crippen LogP contribution in [0, 0.1) is 6.92 Å². The lowest BCUT2D eigenvalue weighted by atomic mass is 10.1. The van der Waals surface area contributed by atoms with Gasteiger partial charge in [-0.15, -0.1) is 0 Å². The molecule has 0 aliphatic carbocycles. The van der Waals surface area contributed by atoms with Crippen LogP contribution in [-0.2, 0) is 0 Å². The highest BCUT2D eigenvalue weighted by Crippen LogP contribution is 2.17. The topological polar surface area (TPSA) is 15.3 Å². The van der Waals surface area contributed by atoms with Crippen LogP contribution in [0.15, 0.2) is 24.3 Å². The van der Waals surface area contributed by atoms with Crippen LogP contribution in [0.1, 0.15) is 18.9 Å². The number of nitrogens with one attached hydrogen (secondary N) is 1. The molecule has 18 heavy (non-hydrogen) atoms. The summed E-state index contributed by atoms with van der Waals surface area (Å²) in [6, 6.07) is 9.52. The molecule has 3 heteroatoms. The molecule has 0 amide bonds. The van der Waals surface area contributed by atoms with E-state index in [0.29, 0.717) is 6.04 Å². The Morgan fingerprint density at radius 3 is 3.00 bits per heavy atom. The number of thioether (sulfide) groups is 1. The fourth-order valence-corrected chi connectivity index (χ4v) is 3.41. The smallest absolute Gasteiger partial charge is 0.0368 e. The molecule has 0 bridgehead atoms. The van der Waals surface area contributed by atoms with Gasteiger partial charge in [0.1, 0.15) is 0 Å². The van der Waals surface area contributed by atoms with Gasteiger partial charge >= 0.3 is 0 Å². The summed E-state index contributed by atoms with van der Waals surface area (Å²) in [7, 11) is 0. The van der Waals surface area contributed by atoms with Gasteiger partial charge in [0, 0.05) is 42.9 Å². The second-order valence-electron chi connectivity index (χ2n) is 4.93. The van der Waals surface area contributed by atoms with Gasteiger partial charge in [-0.1, -0.05) is 12.1 Å². The molecule has 1 aliphatic heterocycles. The first-order valence-electron chi connectivity index (χ1n) is 6.92. The van der Waals surface area contributed by atoms with Crippen LogP contribution in [0.3, 0.4) is 0 Å². The molecule has 0 saturated carbocycles. The van der Waals surface area contributed by atoms with E-state index in [1.54, 1.807) is 0 Å². The molecule has 1 fully saturated rings. The Kier molecular flexibility index (Phi) is 5.39. The fraction of sp³-hybridized carbons (Fsp3) is 0.600. The van der Waals surface area contributed by atoms with Crippen molar-refractivity contribution in [3.63, 3.8) is 0 Å². The maximum atomic E-state index is 3.61. The minimum atomic E-state index is 0.697. The number of rotatable bonds is 5. The molecule has 1 atom stereocenters. The van der Waals surface area contributed by atoms with E-state index in [1.807, 2.05) is 0 Å². The van der Waals surface area contributed by atoms with E-state index in [4.69, 9.17) is 0 Å². The Hall–Kier alpha value is -0.670. The van der Waals surface area contributed by atoms with E-state index in [1.165, 1.54) is 35.7 Å². The summed E-state index contributed by atoms with van der Waals surface area (Å²) >= 11 is 2.08. The minimum absolute atomic E-state index is 0.697. The zero-order valence-electron chi connectivity index (χ0n) is 11.5. The van der Waals surface area contributed by atoms with Gasteiger partial charge in [-0.3, -0.25) is 0 Å². The maximum Gasteiger partial charge on any atom is 0.0368 e.